The number of aromatic nitrogens is 3. The summed E-state index contributed by atoms with van der Waals surface area (Å²) >= 11 is 0. The molecule has 7 heteroatoms. The molecular formula is C22H26N4O3. The normalized spacial score (nSPS) is 12.2. The first-order valence-electron chi connectivity index (χ1n) is 9.77. The van der Waals surface area contributed by atoms with Crippen LogP contribution in [0.25, 0.3) is 5.69 Å². The van der Waals surface area contributed by atoms with Crippen molar-refractivity contribution in [1.29, 1.82) is 0 Å². The summed E-state index contributed by atoms with van der Waals surface area (Å²) in [7, 11) is 0. The highest BCUT2D eigenvalue weighted by molar-refractivity contribution is 5.95. The van der Waals surface area contributed by atoms with Crippen molar-refractivity contribution in [2.45, 2.75) is 53.0 Å². The number of carbonyl (C=O) groups is 1. The van der Waals surface area contributed by atoms with Crippen LogP contribution in [0.3, 0.4) is 0 Å². The Morgan fingerprint density at radius 1 is 1.24 bits per heavy atom. The molecule has 3 rings (SSSR count). The van der Waals surface area contributed by atoms with E-state index in [0.717, 1.165) is 11.3 Å². The molecule has 0 bridgehead atoms. The zero-order valence-electron chi connectivity index (χ0n) is 17.4. The topological polar surface area (TPSA) is 90.0 Å². The number of pyridine rings is 1. The first-order valence-corrected chi connectivity index (χ1v) is 9.77. The number of rotatable bonds is 6. The van der Waals surface area contributed by atoms with Gasteiger partial charge in [0.05, 0.1) is 0 Å². The van der Waals surface area contributed by atoms with E-state index in [2.05, 4.69) is 29.3 Å². The van der Waals surface area contributed by atoms with E-state index in [-0.39, 0.29) is 11.1 Å². The van der Waals surface area contributed by atoms with Gasteiger partial charge in [0.25, 0.3) is 11.5 Å². The molecule has 1 N–H and O–H groups in total. The number of nitrogens with zero attached hydrogens (tertiary/aromatic N) is 3. The van der Waals surface area contributed by atoms with Crippen LogP contribution in [0.4, 0.5) is 0 Å². The molecule has 3 aromatic rings. The smallest absolute Gasteiger partial charge is 0.268 e. The average molecular weight is 394 g/mol. The summed E-state index contributed by atoms with van der Waals surface area (Å²) in [6.45, 7) is 9.60. The molecule has 1 unspecified atom stereocenters. The predicted octanol–water partition coefficient (Wildman–Crippen LogP) is 3.71. The van der Waals surface area contributed by atoms with Crippen LogP contribution >= 0.6 is 0 Å². The third-order valence-corrected chi connectivity index (χ3v) is 4.86. The van der Waals surface area contributed by atoms with E-state index in [9.17, 15) is 9.59 Å². The second kappa shape index (κ2) is 8.43. The van der Waals surface area contributed by atoms with E-state index >= 15 is 0 Å². The van der Waals surface area contributed by atoms with E-state index in [1.165, 1.54) is 4.57 Å². The third-order valence-electron chi connectivity index (χ3n) is 4.86. The molecule has 152 valence electrons. The molecule has 7 nitrogen and oxygen atoms in total. The van der Waals surface area contributed by atoms with E-state index in [1.807, 2.05) is 31.2 Å². The monoisotopic (exact) mass is 394 g/mol. The van der Waals surface area contributed by atoms with Gasteiger partial charge in [-0.15, -0.1) is 0 Å². The summed E-state index contributed by atoms with van der Waals surface area (Å²) in [5.74, 6) is 0.755. The van der Waals surface area contributed by atoms with Crippen LogP contribution < -0.4 is 10.9 Å². The van der Waals surface area contributed by atoms with Gasteiger partial charge >= 0.3 is 0 Å². The summed E-state index contributed by atoms with van der Waals surface area (Å²) < 4.78 is 6.68. The van der Waals surface area contributed by atoms with Gasteiger partial charge in [0.2, 0.25) is 5.89 Å². The molecule has 2 heterocycles. The Morgan fingerprint density at radius 2 is 2.00 bits per heavy atom. The lowest BCUT2D eigenvalue weighted by molar-refractivity contribution is 0.0930. The molecule has 0 aliphatic heterocycles. The number of amides is 1. The Kier molecular flexibility index (Phi) is 5.96. The molecule has 0 saturated carbocycles. The highest BCUT2D eigenvalue weighted by Gasteiger charge is 2.21. The quantitative estimate of drug-likeness (QED) is 0.688. The summed E-state index contributed by atoms with van der Waals surface area (Å²) in [4.78, 5) is 30.3. The molecule has 0 aliphatic carbocycles. The molecule has 0 fully saturated rings. The minimum absolute atomic E-state index is 0.101. The Bertz CT molecular complexity index is 1080. The Balaban J connectivity index is 1.93. The molecule has 1 atom stereocenters. The highest BCUT2D eigenvalue weighted by atomic mass is 16.5. The van der Waals surface area contributed by atoms with Crippen molar-refractivity contribution >= 4 is 5.91 Å². The van der Waals surface area contributed by atoms with Crippen molar-refractivity contribution in [3.8, 4) is 5.69 Å². The number of aryl methyl sites for hydroxylation is 2. The second-order valence-electron chi connectivity index (χ2n) is 7.40. The minimum atomic E-state index is -0.507. The van der Waals surface area contributed by atoms with Crippen LogP contribution in [-0.4, -0.2) is 20.6 Å². The van der Waals surface area contributed by atoms with Crippen molar-refractivity contribution < 1.29 is 9.32 Å². The van der Waals surface area contributed by atoms with E-state index in [1.54, 1.807) is 26.1 Å². The zero-order chi connectivity index (χ0) is 21.1. The number of hydrogen-bond acceptors (Lipinski definition) is 5. The summed E-state index contributed by atoms with van der Waals surface area (Å²) in [5.41, 5.74) is 2.20. The van der Waals surface area contributed by atoms with Gasteiger partial charge in [0.1, 0.15) is 11.6 Å². The van der Waals surface area contributed by atoms with Gasteiger partial charge in [-0.3, -0.25) is 14.2 Å². The Morgan fingerprint density at radius 3 is 2.66 bits per heavy atom. The van der Waals surface area contributed by atoms with Crippen LogP contribution in [-0.2, 0) is 6.42 Å². The van der Waals surface area contributed by atoms with Crippen molar-refractivity contribution in [1.82, 2.24) is 20.0 Å². The molecule has 29 heavy (non-hydrogen) atoms. The first-order chi connectivity index (χ1) is 13.8. The van der Waals surface area contributed by atoms with E-state index in [4.69, 9.17) is 4.52 Å². The Hall–Kier alpha value is -3.22. The predicted molar refractivity (Wildman–Crippen MR) is 110 cm³/mol. The van der Waals surface area contributed by atoms with Gasteiger partial charge in [-0.25, -0.2) is 0 Å². The second-order valence-corrected chi connectivity index (χ2v) is 7.40. The SMILES string of the molecule is CCc1noc(C(C)NC(=O)c2c(C)ccn(-c3cccc(C(C)C)c3)c2=O)n1. The first kappa shape index (κ1) is 20.5. The van der Waals surface area contributed by atoms with Crippen LogP contribution in [0.2, 0.25) is 0 Å². The van der Waals surface area contributed by atoms with E-state index in [0.29, 0.717) is 29.6 Å². The van der Waals surface area contributed by atoms with Gasteiger partial charge in [-0.2, -0.15) is 4.98 Å². The van der Waals surface area contributed by atoms with Crippen molar-refractivity contribution in [3.63, 3.8) is 0 Å². The van der Waals surface area contributed by atoms with Gasteiger partial charge in [0.15, 0.2) is 5.82 Å². The lowest BCUT2D eigenvalue weighted by Crippen LogP contribution is -2.35. The van der Waals surface area contributed by atoms with Gasteiger partial charge in [0, 0.05) is 18.3 Å². The zero-order valence-corrected chi connectivity index (χ0v) is 17.4. The molecule has 0 aliphatic rings. The standard InChI is InChI=1S/C22H26N4O3/c1-6-18-24-21(29-25-18)15(5)23-20(27)19-14(4)10-11-26(22(19)28)17-9-7-8-16(12-17)13(2)3/h7-13,15H,6H2,1-5H3,(H,23,27). The lowest BCUT2D eigenvalue weighted by atomic mass is 10.0. The van der Waals surface area contributed by atoms with Crippen molar-refractivity contribution in [3.05, 3.63) is 75.3 Å². The molecule has 1 aromatic carbocycles. The highest BCUT2D eigenvalue weighted by Crippen LogP contribution is 2.18. The molecule has 2 aromatic heterocycles. The fourth-order valence-electron chi connectivity index (χ4n) is 3.06. The fourth-order valence-corrected chi connectivity index (χ4v) is 3.06. The Labute approximate surface area is 169 Å². The number of hydrogen-bond donors (Lipinski definition) is 1. The third kappa shape index (κ3) is 4.29. The minimum Gasteiger partial charge on any atom is -0.340 e. The van der Waals surface area contributed by atoms with Crippen molar-refractivity contribution in [2.75, 3.05) is 0 Å². The van der Waals surface area contributed by atoms with Crippen LogP contribution in [0.15, 0.2) is 45.8 Å². The maximum absolute atomic E-state index is 13.1. The van der Waals surface area contributed by atoms with Gasteiger partial charge in [-0.05, 0) is 49.1 Å². The molecule has 0 saturated heterocycles. The maximum atomic E-state index is 13.1. The largest absolute Gasteiger partial charge is 0.340 e. The van der Waals surface area contributed by atoms with Crippen LogP contribution in [0, 0.1) is 6.92 Å². The number of benzene rings is 1. The van der Waals surface area contributed by atoms with Gasteiger partial charge in [-0.1, -0.05) is 38.1 Å². The number of carbonyl (C=O) groups excluding carboxylic acids is 1. The molecular weight excluding hydrogens is 368 g/mol. The molecule has 0 radical (unpaired) electrons. The molecule has 0 spiro atoms. The summed E-state index contributed by atoms with van der Waals surface area (Å²) in [6, 6.07) is 9.03. The van der Waals surface area contributed by atoms with Gasteiger partial charge < -0.3 is 9.84 Å². The fraction of sp³-hybridized carbons (Fsp3) is 0.364. The van der Waals surface area contributed by atoms with Crippen LogP contribution in [0.5, 0.6) is 0 Å². The summed E-state index contributed by atoms with van der Waals surface area (Å²) in [5, 5.41) is 6.64. The van der Waals surface area contributed by atoms with Crippen LogP contribution in [0.1, 0.15) is 72.9 Å². The average Bonchev–Trinajstić information content (AvgIpc) is 3.17. The lowest BCUT2D eigenvalue weighted by Gasteiger charge is -2.14. The maximum Gasteiger partial charge on any atom is 0.268 e. The molecule has 1 amide bonds. The van der Waals surface area contributed by atoms with E-state index < -0.39 is 11.9 Å². The summed E-state index contributed by atoms with van der Waals surface area (Å²) in [6.07, 6.45) is 2.34. The number of nitrogens with one attached hydrogen (secondary N) is 1. The van der Waals surface area contributed by atoms with Crippen molar-refractivity contribution in [2.24, 2.45) is 0 Å².